The van der Waals surface area contributed by atoms with E-state index in [0.717, 1.165) is 0 Å². The molecule has 9 heteroatoms. The summed E-state index contributed by atoms with van der Waals surface area (Å²) in [6.45, 7) is 2.76. The minimum Gasteiger partial charge on any atom is -0.463 e. The van der Waals surface area contributed by atoms with Crippen LogP contribution in [0.1, 0.15) is 13.8 Å². The van der Waals surface area contributed by atoms with E-state index in [0.29, 0.717) is 0 Å². The minimum absolute atomic E-state index is 0.0447. The van der Waals surface area contributed by atoms with Crippen LogP contribution in [0, 0.1) is 5.92 Å². The Kier molecular flexibility index (Phi) is 5.66. The first-order valence-electron chi connectivity index (χ1n) is 5.92. The van der Waals surface area contributed by atoms with Gasteiger partial charge in [-0.1, -0.05) is 5.11 Å². The number of azide groups is 1. The summed E-state index contributed by atoms with van der Waals surface area (Å²) in [5, 5.41) is 3.49. The van der Waals surface area contributed by atoms with Crippen LogP contribution in [0.25, 0.3) is 10.4 Å². The first-order chi connectivity index (χ1) is 8.95. The lowest BCUT2D eigenvalue weighted by atomic mass is 9.87. The van der Waals surface area contributed by atoms with Crippen molar-refractivity contribution in [2.75, 3.05) is 13.2 Å². The minimum atomic E-state index is -0.511. The van der Waals surface area contributed by atoms with E-state index in [1.807, 2.05) is 0 Å². The summed E-state index contributed by atoms with van der Waals surface area (Å²) in [4.78, 5) is 24.6. The second-order valence-corrected chi connectivity index (χ2v) is 4.33. The highest BCUT2D eigenvalue weighted by atomic mass is 16.6. The SMILES string of the molecule is B[C@@H]1O[C@H](COC(C)=O)[C@@H](CN=[N+]=[N-])[C@H]1OC(C)=O. The van der Waals surface area contributed by atoms with Crippen molar-refractivity contribution in [1.29, 1.82) is 0 Å². The molecule has 1 aliphatic heterocycles. The van der Waals surface area contributed by atoms with Gasteiger partial charge in [0.05, 0.1) is 12.1 Å². The van der Waals surface area contributed by atoms with E-state index in [1.54, 1.807) is 7.85 Å². The molecular weight excluding hydrogens is 253 g/mol. The van der Waals surface area contributed by atoms with Crippen LogP contribution in [0.3, 0.4) is 0 Å². The highest BCUT2D eigenvalue weighted by molar-refractivity contribution is 6.11. The van der Waals surface area contributed by atoms with Crippen molar-refractivity contribution in [2.24, 2.45) is 11.0 Å². The third kappa shape index (κ3) is 4.46. The van der Waals surface area contributed by atoms with E-state index in [9.17, 15) is 9.59 Å². The van der Waals surface area contributed by atoms with Crippen molar-refractivity contribution < 1.29 is 23.8 Å². The number of rotatable bonds is 5. The summed E-state index contributed by atoms with van der Waals surface area (Å²) in [7, 11) is 1.75. The van der Waals surface area contributed by atoms with Crippen molar-refractivity contribution in [2.45, 2.75) is 32.1 Å². The highest BCUT2D eigenvalue weighted by Gasteiger charge is 2.44. The quantitative estimate of drug-likeness (QED) is 0.225. The summed E-state index contributed by atoms with van der Waals surface area (Å²) >= 11 is 0. The number of ether oxygens (including phenoxy) is 3. The molecule has 0 aromatic carbocycles. The topological polar surface area (TPSA) is 111 Å². The molecule has 0 aromatic rings. The maximum Gasteiger partial charge on any atom is 0.302 e. The summed E-state index contributed by atoms with van der Waals surface area (Å²) in [5.74, 6) is -1.18. The molecule has 0 aromatic heterocycles. The molecule has 1 saturated heterocycles. The zero-order valence-corrected chi connectivity index (χ0v) is 11.1. The van der Waals surface area contributed by atoms with E-state index in [4.69, 9.17) is 19.7 Å². The maximum absolute atomic E-state index is 11.1. The smallest absolute Gasteiger partial charge is 0.302 e. The van der Waals surface area contributed by atoms with Crippen LogP contribution in [-0.2, 0) is 23.8 Å². The molecule has 1 fully saturated rings. The van der Waals surface area contributed by atoms with Crippen LogP contribution in [0.2, 0.25) is 0 Å². The van der Waals surface area contributed by atoms with Gasteiger partial charge in [-0.3, -0.25) is 9.59 Å². The molecule has 19 heavy (non-hydrogen) atoms. The van der Waals surface area contributed by atoms with Crippen LogP contribution < -0.4 is 0 Å². The molecule has 0 saturated carbocycles. The summed E-state index contributed by atoms with van der Waals surface area (Å²) < 4.78 is 15.7. The molecule has 4 atom stereocenters. The van der Waals surface area contributed by atoms with Gasteiger partial charge in [0.2, 0.25) is 0 Å². The molecule has 0 N–H and O–H groups in total. The van der Waals surface area contributed by atoms with Crippen LogP contribution in [0.5, 0.6) is 0 Å². The summed E-state index contributed by atoms with van der Waals surface area (Å²) in [5.41, 5.74) is 8.39. The Morgan fingerprint density at radius 1 is 1.42 bits per heavy atom. The fourth-order valence-electron chi connectivity index (χ4n) is 2.10. The molecule has 0 aliphatic carbocycles. The second kappa shape index (κ2) is 7.01. The average Bonchev–Trinajstić information content (AvgIpc) is 2.60. The van der Waals surface area contributed by atoms with E-state index < -0.39 is 24.1 Å². The van der Waals surface area contributed by atoms with Gasteiger partial charge >= 0.3 is 11.9 Å². The normalized spacial score (nSPS) is 29.4. The molecule has 0 unspecified atom stereocenters. The van der Waals surface area contributed by atoms with Crippen LogP contribution in [0.15, 0.2) is 5.11 Å². The van der Waals surface area contributed by atoms with Gasteiger partial charge in [0, 0.05) is 31.2 Å². The second-order valence-electron chi connectivity index (χ2n) is 4.33. The molecule has 8 nitrogen and oxygen atoms in total. The third-order valence-electron chi connectivity index (χ3n) is 2.86. The summed E-state index contributed by atoms with van der Waals surface area (Å²) in [6, 6.07) is -0.344. The molecule has 104 valence electrons. The number of nitrogens with zero attached hydrogens (tertiary/aromatic N) is 3. The van der Waals surface area contributed by atoms with Gasteiger partial charge in [-0.15, -0.1) is 0 Å². The number of carbonyl (C=O) groups is 2. The number of hydrogen-bond donors (Lipinski definition) is 0. The van der Waals surface area contributed by atoms with E-state index >= 15 is 0 Å². The van der Waals surface area contributed by atoms with Crippen LogP contribution in [-0.4, -0.2) is 51.1 Å². The lowest BCUT2D eigenvalue weighted by molar-refractivity contribution is -0.149. The fourth-order valence-corrected chi connectivity index (χ4v) is 2.10. The van der Waals surface area contributed by atoms with Crippen molar-refractivity contribution in [1.82, 2.24) is 0 Å². The van der Waals surface area contributed by atoms with Gasteiger partial charge in [-0.05, 0) is 5.53 Å². The Hall–Kier alpha value is -1.73. The molecule has 0 radical (unpaired) electrons. The number of hydrogen-bond acceptors (Lipinski definition) is 6. The fraction of sp³-hybridized carbons (Fsp3) is 0.800. The first kappa shape index (κ1) is 15.3. The first-order valence-corrected chi connectivity index (χ1v) is 5.92. The van der Waals surface area contributed by atoms with Crippen LogP contribution in [0.4, 0.5) is 0 Å². The molecule has 1 heterocycles. The van der Waals surface area contributed by atoms with E-state index in [1.165, 1.54) is 13.8 Å². The van der Waals surface area contributed by atoms with Gasteiger partial charge in [-0.25, -0.2) is 0 Å². The zero-order chi connectivity index (χ0) is 14.4. The van der Waals surface area contributed by atoms with E-state index in [2.05, 4.69) is 10.0 Å². The van der Waals surface area contributed by atoms with Crippen molar-refractivity contribution in [3.8, 4) is 0 Å². The lowest BCUT2D eigenvalue weighted by Gasteiger charge is -2.21. The van der Waals surface area contributed by atoms with Crippen molar-refractivity contribution in [3.63, 3.8) is 0 Å². The average molecular weight is 269 g/mol. The molecular formula is C10H16BN3O5. The Morgan fingerprint density at radius 2 is 2.11 bits per heavy atom. The molecule has 1 rings (SSSR count). The Morgan fingerprint density at radius 3 is 2.63 bits per heavy atom. The zero-order valence-electron chi connectivity index (χ0n) is 11.1. The predicted molar refractivity (Wildman–Crippen MR) is 66.9 cm³/mol. The van der Waals surface area contributed by atoms with Gasteiger partial charge < -0.3 is 14.2 Å². The molecule has 0 spiro atoms. The number of esters is 2. The molecule has 0 bridgehead atoms. The highest BCUT2D eigenvalue weighted by Crippen LogP contribution is 2.29. The van der Waals surface area contributed by atoms with Crippen molar-refractivity contribution >= 4 is 19.8 Å². The lowest BCUT2D eigenvalue weighted by Crippen LogP contribution is -2.35. The summed E-state index contributed by atoms with van der Waals surface area (Å²) in [6.07, 6.45) is -0.961. The van der Waals surface area contributed by atoms with Gasteiger partial charge in [0.25, 0.3) is 0 Å². The monoisotopic (exact) mass is 269 g/mol. The molecule has 0 amide bonds. The van der Waals surface area contributed by atoms with Gasteiger partial charge in [-0.2, -0.15) is 0 Å². The van der Waals surface area contributed by atoms with Crippen molar-refractivity contribution in [3.05, 3.63) is 10.4 Å². The Bertz CT molecular complexity index is 399. The largest absolute Gasteiger partial charge is 0.463 e. The van der Waals surface area contributed by atoms with Gasteiger partial charge in [0.1, 0.15) is 20.6 Å². The maximum atomic E-state index is 11.1. The Labute approximate surface area is 111 Å². The molecule has 1 aliphatic rings. The number of carbonyl (C=O) groups excluding carboxylic acids is 2. The third-order valence-corrected chi connectivity index (χ3v) is 2.86. The standard InChI is InChI=1S/C10H16BN3O5/c1-5(15)17-4-8-7(3-13-14-12)9(10(11)19-8)18-6(2)16/h7-10H,3-4,11H2,1-2H3/t7-,8-,9-,10-/m1/s1. The van der Waals surface area contributed by atoms with E-state index in [-0.39, 0.29) is 25.1 Å². The van der Waals surface area contributed by atoms with Gasteiger partial charge in [0.15, 0.2) is 0 Å². The van der Waals surface area contributed by atoms with Crippen LogP contribution >= 0.6 is 0 Å². The Balaban J connectivity index is 2.76. The predicted octanol–water partition coefficient (Wildman–Crippen LogP) is -0.234.